The van der Waals surface area contributed by atoms with Crippen LogP contribution in [0.1, 0.15) is 6.92 Å². The molecule has 1 aromatic carbocycles. The van der Waals surface area contributed by atoms with Crippen LogP contribution in [-0.4, -0.2) is 30.4 Å². The summed E-state index contributed by atoms with van der Waals surface area (Å²) in [5.41, 5.74) is 6.09. The molecule has 1 aromatic heterocycles. The average molecular weight is 296 g/mol. The third kappa shape index (κ3) is 2.42. The van der Waals surface area contributed by atoms with Crippen LogP contribution in [0.25, 0.3) is 0 Å². The zero-order chi connectivity index (χ0) is 14.9. The molecular weight excluding hydrogens is 280 g/mol. The van der Waals surface area contributed by atoms with Gasteiger partial charge in [-0.3, -0.25) is 8.99 Å². The highest BCUT2D eigenvalue weighted by atomic mass is 32.2. The van der Waals surface area contributed by atoms with Crippen molar-refractivity contribution in [3.8, 4) is 5.75 Å². The largest absolute Gasteiger partial charge is 0.508 e. The summed E-state index contributed by atoms with van der Waals surface area (Å²) in [5.74, 6) is 0.0374. The standard InChI is InChI=1S/C12H16N4O3S/c1-3-16-8-11(12(13)14-16)20(18,19)15(2)9-4-6-10(17)7-5-9/h4-8,17H,3H2,1-2H3,(H2,13,14). The predicted molar refractivity (Wildman–Crippen MR) is 76.0 cm³/mol. The molecule has 2 rings (SSSR count). The molecule has 108 valence electrons. The van der Waals surface area contributed by atoms with E-state index in [2.05, 4.69) is 5.10 Å². The maximum Gasteiger partial charge on any atom is 0.269 e. The zero-order valence-corrected chi connectivity index (χ0v) is 12.0. The van der Waals surface area contributed by atoms with Gasteiger partial charge in [0.25, 0.3) is 10.0 Å². The smallest absolute Gasteiger partial charge is 0.269 e. The minimum absolute atomic E-state index is 0.0301. The second kappa shape index (κ2) is 5.04. The molecule has 0 saturated carbocycles. The number of aryl methyl sites for hydroxylation is 1. The molecule has 8 heteroatoms. The molecule has 3 N–H and O–H groups in total. The fourth-order valence-electron chi connectivity index (χ4n) is 1.73. The summed E-state index contributed by atoms with van der Waals surface area (Å²) in [4.78, 5) is -0.0325. The number of rotatable bonds is 4. The number of hydrogen-bond donors (Lipinski definition) is 2. The van der Waals surface area contributed by atoms with Crippen LogP contribution in [0.3, 0.4) is 0 Å². The Morgan fingerprint density at radius 2 is 1.95 bits per heavy atom. The van der Waals surface area contributed by atoms with E-state index < -0.39 is 10.0 Å². The summed E-state index contributed by atoms with van der Waals surface area (Å²) < 4.78 is 27.6. The molecule has 0 saturated heterocycles. The summed E-state index contributed by atoms with van der Waals surface area (Å²) in [5, 5.41) is 13.2. The van der Waals surface area contributed by atoms with Crippen LogP contribution in [0, 0.1) is 0 Å². The van der Waals surface area contributed by atoms with E-state index in [-0.39, 0.29) is 16.5 Å². The molecule has 0 atom stereocenters. The molecule has 0 radical (unpaired) electrons. The van der Waals surface area contributed by atoms with E-state index in [0.29, 0.717) is 12.2 Å². The molecule has 7 nitrogen and oxygen atoms in total. The van der Waals surface area contributed by atoms with E-state index in [1.807, 2.05) is 6.92 Å². The maximum atomic E-state index is 12.5. The Labute approximate surface area is 117 Å². The number of sulfonamides is 1. The first-order valence-corrected chi connectivity index (χ1v) is 7.41. The zero-order valence-electron chi connectivity index (χ0n) is 11.2. The molecule has 0 amide bonds. The third-order valence-electron chi connectivity index (χ3n) is 2.93. The van der Waals surface area contributed by atoms with E-state index in [9.17, 15) is 13.5 Å². The number of phenolic OH excluding ortho intramolecular Hbond substituents is 1. The van der Waals surface area contributed by atoms with E-state index in [0.717, 1.165) is 4.31 Å². The van der Waals surface area contributed by atoms with Crippen LogP contribution >= 0.6 is 0 Å². The fourth-order valence-corrected chi connectivity index (χ4v) is 2.98. The highest BCUT2D eigenvalue weighted by molar-refractivity contribution is 7.93. The van der Waals surface area contributed by atoms with Gasteiger partial charge in [-0.2, -0.15) is 5.10 Å². The van der Waals surface area contributed by atoms with E-state index in [1.165, 1.54) is 42.2 Å². The lowest BCUT2D eigenvalue weighted by molar-refractivity contribution is 0.475. The van der Waals surface area contributed by atoms with Crippen molar-refractivity contribution >= 4 is 21.5 Å². The summed E-state index contributed by atoms with van der Waals surface area (Å²) in [6, 6.07) is 5.85. The van der Waals surface area contributed by atoms with Crippen molar-refractivity contribution in [3.63, 3.8) is 0 Å². The summed E-state index contributed by atoms with van der Waals surface area (Å²) in [6.45, 7) is 2.37. The molecule has 0 bridgehead atoms. The van der Waals surface area contributed by atoms with E-state index in [4.69, 9.17) is 5.73 Å². The Balaban J connectivity index is 2.43. The van der Waals surface area contributed by atoms with Crippen molar-refractivity contribution < 1.29 is 13.5 Å². The van der Waals surface area contributed by atoms with Crippen molar-refractivity contribution in [1.29, 1.82) is 0 Å². The van der Waals surface area contributed by atoms with Gasteiger partial charge in [0.2, 0.25) is 0 Å². The van der Waals surface area contributed by atoms with Gasteiger partial charge in [0.05, 0.1) is 5.69 Å². The molecule has 1 heterocycles. The van der Waals surface area contributed by atoms with Gasteiger partial charge in [0.1, 0.15) is 10.6 Å². The van der Waals surface area contributed by atoms with Crippen molar-refractivity contribution in [2.45, 2.75) is 18.4 Å². The van der Waals surface area contributed by atoms with Crippen molar-refractivity contribution in [3.05, 3.63) is 30.5 Å². The molecular formula is C12H16N4O3S. The molecule has 0 spiro atoms. The lowest BCUT2D eigenvalue weighted by Crippen LogP contribution is -2.26. The molecule has 0 unspecified atom stereocenters. The Hall–Kier alpha value is -2.22. The molecule has 0 aliphatic heterocycles. The number of aromatic nitrogens is 2. The number of hydrogen-bond acceptors (Lipinski definition) is 5. The second-order valence-electron chi connectivity index (χ2n) is 4.22. The lowest BCUT2D eigenvalue weighted by Gasteiger charge is -2.18. The number of aromatic hydroxyl groups is 1. The van der Waals surface area contributed by atoms with Crippen LogP contribution in [-0.2, 0) is 16.6 Å². The summed E-state index contributed by atoms with van der Waals surface area (Å²) >= 11 is 0. The fraction of sp³-hybridized carbons (Fsp3) is 0.250. The summed E-state index contributed by atoms with van der Waals surface area (Å²) in [6.07, 6.45) is 1.40. The van der Waals surface area contributed by atoms with Crippen LogP contribution in [0.15, 0.2) is 35.4 Å². The van der Waals surface area contributed by atoms with Gasteiger partial charge in [0.15, 0.2) is 5.82 Å². The minimum Gasteiger partial charge on any atom is -0.508 e. The van der Waals surface area contributed by atoms with Gasteiger partial charge in [-0.1, -0.05) is 0 Å². The Morgan fingerprint density at radius 1 is 1.35 bits per heavy atom. The monoisotopic (exact) mass is 296 g/mol. The normalized spacial score (nSPS) is 11.5. The molecule has 0 fully saturated rings. The average Bonchev–Trinajstić information content (AvgIpc) is 2.81. The first kappa shape index (κ1) is 14.2. The highest BCUT2D eigenvalue weighted by Gasteiger charge is 2.26. The number of nitrogen functional groups attached to an aromatic ring is 1. The van der Waals surface area contributed by atoms with Gasteiger partial charge in [0, 0.05) is 19.8 Å². The third-order valence-corrected chi connectivity index (χ3v) is 4.73. The van der Waals surface area contributed by atoms with Gasteiger partial charge in [-0.15, -0.1) is 0 Å². The number of nitrogens with two attached hydrogens (primary N) is 1. The van der Waals surface area contributed by atoms with Crippen LogP contribution in [0.4, 0.5) is 11.5 Å². The topological polar surface area (TPSA) is 101 Å². The summed E-state index contributed by atoms with van der Waals surface area (Å²) in [7, 11) is -2.36. The maximum absolute atomic E-state index is 12.5. The Bertz CT molecular complexity index is 707. The predicted octanol–water partition coefficient (Wildman–Crippen LogP) is 1.02. The molecule has 2 aromatic rings. The first-order chi connectivity index (χ1) is 9.36. The van der Waals surface area contributed by atoms with E-state index in [1.54, 1.807) is 0 Å². The quantitative estimate of drug-likeness (QED) is 0.877. The number of anilines is 2. The molecule has 20 heavy (non-hydrogen) atoms. The number of phenols is 1. The first-order valence-electron chi connectivity index (χ1n) is 5.97. The van der Waals surface area contributed by atoms with Gasteiger partial charge in [-0.05, 0) is 31.2 Å². The Kier molecular flexibility index (Phi) is 3.58. The highest BCUT2D eigenvalue weighted by Crippen LogP contribution is 2.26. The van der Waals surface area contributed by atoms with Gasteiger partial charge in [-0.25, -0.2) is 8.42 Å². The minimum atomic E-state index is -3.78. The van der Waals surface area contributed by atoms with Crippen LogP contribution < -0.4 is 10.0 Å². The van der Waals surface area contributed by atoms with E-state index >= 15 is 0 Å². The van der Waals surface area contributed by atoms with Crippen LogP contribution in [0.5, 0.6) is 5.75 Å². The Morgan fingerprint density at radius 3 is 2.45 bits per heavy atom. The second-order valence-corrected chi connectivity index (χ2v) is 6.16. The van der Waals surface area contributed by atoms with Crippen molar-refractivity contribution in [2.24, 2.45) is 0 Å². The van der Waals surface area contributed by atoms with Crippen LogP contribution in [0.2, 0.25) is 0 Å². The number of nitrogens with zero attached hydrogens (tertiary/aromatic N) is 3. The van der Waals surface area contributed by atoms with Gasteiger partial charge < -0.3 is 10.8 Å². The van der Waals surface area contributed by atoms with Gasteiger partial charge >= 0.3 is 0 Å². The molecule has 0 aliphatic rings. The van der Waals surface area contributed by atoms with Crippen molar-refractivity contribution in [2.75, 3.05) is 17.1 Å². The number of benzene rings is 1. The van der Waals surface area contributed by atoms with Crippen molar-refractivity contribution in [1.82, 2.24) is 9.78 Å². The lowest BCUT2D eigenvalue weighted by atomic mass is 10.3. The SMILES string of the molecule is CCn1cc(S(=O)(=O)N(C)c2ccc(O)cc2)c(N)n1. The molecule has 0 aliphatic carbocycles.